The van der Waals surface area contributed by atoms with E-state index in [9.17, 15) is 0 Å². The highest BCUT2D eigenvalue weighted by Gasteiger charge is 2.06. The van der Waals surface area contributed by atoms with E-state index in [1.807, 2.05) is 0 Å². The van der Waals surface area contributed by atoms with Crippen molar-refractivity contribution in [1.29, 1.82) is 0 Å². The van der Waals surface area contributed by atoms with Gasteiger partial charge in [-0.3, -0.25) is 4.90 Å². The van der Waals surface area contributed by atoms with Crippen molar-refractivity contribution in [3.05, 3.63) is 0 Å². The highest BCUT2D eigenvalue weighted by Crippen LogP contribution is 1.93. The van der Waals surface area contributed by atoms with Crippen molar-refractivity contribution in [2.24, 2.45) is 0 Å². The van der Waals surface area contributed by atoms with Gasteiger partial charge in [0.05, 0.1) is 19.8 Å². The molecule has 1 heterocycles. The van der Waals surface area contributed by atoms with Crippen LogP contribution in [0.4, 0.5) is 0 Å². The predicted octanol–water partition coefficient (Wildman–Crippen LogP) is 0.530. The summed E-state index contributed by atoms with van der Waals surface area (Å²) in [6.45, 7) is 4.42. The molecule has 2 nitrogen and oxygen atoms in total. The molecule has 3 heteroatoms. The zero-order valence-corrected chi connectivity index (χ0v) is 7.59. The van der Waals surface area contributed by atoms with Crippen LogP contribution in [-0.4, -0.2) is 37.7 Å². The summed E-state index contributed by atoms with van der Waals surface area (Å²) in [5, 5.41) is 0. The molecule has 0 spiro atoms. The average Bonchev–Trinajstić information content (AvgIpc) is 1.91. The number of ether oxygens (including phenoxy) is 1. The predicted molar refractivity (Wildman–Crippen MR) is 46.4 cm³/mol. The highest BCUT2D eigenvalue weighted by atomic mass is 79.9. The Kier molecular flexibility index (Phi) is 5.70. The molecule has 10 heavy (non-hydrogen) atoms. The van der Waals surface area contributed by atoms with E-state index in [0.29, 0.717) is 0 Å². The summed E-state index contributed by atoms with van der Waals surface area (Å²) in [5.74, 6) is 2.61. The number of terminal acetylenes is 1. The van der Waals surface area contributed by atoms with Gasteiger partial charge in [0.2, 0.25) is 0 Å². The molecule has 0 aromatic rings. The summed E-state index contributed by atoms with van der Waals surface area (Å²) in [4.78, 5) is 2.21. The summed E-state index contributed by atoms with van der Waals surface area (Å²) >= 11 is 0. The summed E-state index contributed by atoms with van der Waals surface area (Å²) in [6.07, 6.45) is 5.13. The standard InChI is InChI=1S/C7H11NO.BrH/c1-2-3-8-4-6-9-7-5-8;/h1H,3-7H2;1H. The smallest absolute Gasteiger partial charge is 0.0600 e. The number of nitrogens with zero attached hydrogens (tertiary/aromatic N) is 1. The minimum absolute atomic E-state index is 0. The first kappa shape index (κ1) is 9.96. The first-order valence-corrected chi connectivity index (χ1v) is 3.17. The molecule has 0 aromatic heterocycles. The highest BCUT2D eigenvalue weighted by molar-refractivity contribution is 8.93. The molecule has 0 atom stereocenters. The van der Waals surface area contributed by atoms with Gasteiger partial charge >= 0.3 is 0 Å². The zero-order chi connectivity index (χ0) is 6.53. The Morgan fingerprint density at radius 1 is 1.40 bits per heavy atom. The van der Waals surface area contributed by atoms with Gasteiger partial charge in [0.15, 0.2) is 0 Å². The van der Waals surface area contributed by atoms with Crippen LogP contribution in [0.3, 0.4) is 0 Å². The number of halogens is 1. The second-order valence-corrected chi connectivity index (χ2v) is 2.09. The maximum absolute atomic E-state index is 5.14. The van der Waals surface area contributed by atoms with Crippen molar-refractivity contribution >= 4 is 17.0 Å². The third-order valence-electron chi connectivity index (χ3n) is 1.42. The molecule has 1 aliphatic heterocycles. The van der Waals surface area contributed by atoms with Crippen LogP contribution in [0.15, 0.2) is 0 Å². The zero-order valence-electron chi connectivity index (χ0n) is 5.88. The fourth-order valence-corrected chi connectivity index (χ4v) is 0.888. The van der Waals surface area contributed by atoms with Gasteiger partial charge in [-0.25, -0.2) is 0 Å². The molecule has 0 radical (unpaired) electrons. The van der Waals surface area contributed by atoms with Gasteiger partial charge in [-0.1, -0.05) is 5.92 Å². The van der Waals surface area contributed by atoms with Gasteiger partial charge in [0.1, 0.15) is 0 Å². The Labute approximate surface area is 72.3 Å². The van der Waals surface area contributed by atoms with E-state index >= 15 is 0 Å². The summed E-state index contributed by atoms with van der Waals surface area (Å²) < 4.78 is 5.14. The van der Waals surface area contributed by atoms with Crippen molar-refractivity contribution in [3.8, 4) is 12.3 Å². The monoisotopic (exact) mass is 205 g/mol. The quantitative estimate of drug-likeness (QED) is 0.580. The molecule has 58 valence electrons. The molecule has 1 rings (SSSR count). The molecule has 0 aromatic carbocycles. The van der Waals surface area contributed by atoms with Crippen LogP contribution >= 0.6 is 17.0 Å². The van der Waals surface area contributed by atoms with Gasteiger partial charge in [0, 0.05) is 13.1 Å². The average molecular weight is 206 g/mol. The van der Waals surface area contributed by atoms with E-state index in [2.05, 4.69) is 10.8 Å². The van der Waals surface area contributed by atoms with E-state index in [0.717, 1.165) is 32.8 Å². The van der Waals surface area contributed by atoms with Gasteiger partial charge in [0.25, 0.3) is 0 Å². The largest absolute Gasteiger partial charge is 0.379 e. The van der Waals surface area contributed by atoms with Crippen LogP contribution < -0.4 is 0 Å². The normalized spacial score (nSPS) is 19.1. The molecule has 0 unspecified atom stereocenters. The van der Waals surface area contributed by atoms with Crippen molar-refractivity contribution in [1.82, 2.24) is 4.90 Å². The minimum atomic E-state index is 0. The van der Waals surface area contributed by atoms with E-state index < -0.39 is 0 Å². The lowest BCUT2D eigenvalue weighted by Gasteiger charge is -2.23. The first-order valence-electron chi connectivity index (χ1n) is 3.17. The van der Waals surface area contributed by atoms with Gasteiger partial charge < -0.3 is 4.74 Å². The van der Waals surface area contributed by atoms with E-state index in [1.165, 1.54) is 0 Å². The molecule has 0 bridgehead atoms. The van der Waals surface area contributed by atoms with Gasteiger partial charge in [-0.2, -0.15) is 0 Å². The van der Waals surface area contributed by atoms with Gasteiger partial charge in [-0.15, -0.1) is 23.4 Å². The molecular weight excluding hydrogens is 194 g/mol. The minimum Gasteiger partial charge on any atom is -0.379 e. The molecule has 0 N–H and O–H groups in total. The van der Waals surface area contributed by atoms with Crippen molar-refractivity contribution in [2.45, 2.75) is 0 Å². The van der Waals surface area contributed by atoms with Crippen molar-refractivity contribution < 1.29 is 4.74 Å². The number of hydrogen-bond acceptors (Lipinski definition) is 2. The Bertz CT molecular complexity index is 115. The Balaban J connectivity index is 0.000000810. The molecule has 0 amide bonds. The van der Waals surface area contributed by atoms with E-state index in [1.54, 1.807) is 0 Å². The lowest BCUT2D eigenvalue weighted by atomic mass is 10.4. The van der Waals surface area contributed by atoms with Gasteiger partial charge in [-0.05, 0) is 0 Å². The molecule has 1 saturated heterocycles. The second kappa shape index (κ2) is 5.72. The summed E-state index contributed by atoms with van der Waals surface area (Å²) in [5.41, 5.74) is 0. The van der Waals surface area contributed by atoms with Crippen LogP contribution in [0.25, 0.3) is 0 Å². The Morgan fingerprint density at radius 2 is 2.00 bits per heavy atom. The first-order chi connectivity index (χ1) is 4.43. The maximum Gasteiger partial charge on any atom is 0.0600 e. The SMILES string of the molecule is Br.C#CCN1CCOCC1. The fraction of sp³-hybridized carbons (Fsp3) is 0.714. The molecular formula is C7H12BrNO. The topological polar surface area (TPSA) is 12.5 Å². The van der Waals surface area contributed by atoms with Crippen LogP contribution in [-0.2, 0) is 4.74 Å². The summed E-state index contributed by atoms with van der Waals surface area (Å²) in [6, 6.07) is 0. The fourth-order valence-electron chi connectivity index (χ4n) is 0.888. The summed E-state index contributed by atoms with van der Waals surface area (Å²) in [7, 11) is 0. The molecule has 1 aliphatic rings. The van der Waals surface area contributed by atoms with Crippen LogP contribution in [0.5, 0.6) is 0 Å². The Morgan fingerprint density at radius 3 is 2.50 bits per heavy atom. The number of hydrogen-bond donors (Lipinski definition) is 0. The van der Waals surface area contributed by atoms with Crippen molar-refractivity contribution in [2.75, 3.05) is 32.8 Å². The lowest BCUT2D eigenvalue weighted by Crippen LogP contribution is -2.36. The van der Waals surface area contributed by atoms with Crippen LogP contribution in [0, 0.1) is 12.3 Å². The Hall–Kier alpha value is -0.0400. The van der Waals surface area contributed by atoms with Crippen LogP contribution in [0.2, 0.25) is 0 Å². The van der Waals surface area contributed by atoms with E-state index in [-0.39, 0.29) is 17.0 Å². The maximum atomic E-state index is 5.14. The molecule has 0 saturated carbocycles. The van der Waals surface area contributed by atoms with E-state index in [4.69, 9.17) is 11.2 Å². The van der Waals surface area contributed by atoms with Crippen LogP contribution in [0.1, 0.15) is 0 Å². The third-order valence-corrected chi connectivity index (χ3v) is 1.42. The van der Waals surface area contributed by atoms with Crippen molar-refractivity contribution in [3.63, 3.8) is 0 Å². The number of rotatable bonds is 1. The third kappa shape index (κ3) is 3.21. The molecule has 1 fully saturated rings. The lowest BCUT2D eigenvalue weighted by molar-refractivity contribution is 0.0444. The second-order valence-electron chi connectivity index (χ2n) is 2.09. The number of morpholine rings is 1. The molecule has 0 aliphatic carbocycles.